The summed E-state index contributed by atoms with van der Waals surface area (Å²) in [6, 6.07) is 8.04. The van der Waals surface area contributed by atoms with Crippen LogP contribution in [0.2, 0.25) is 5.15 Å². The van der Waals surface area contributed by atoms with Crippen LogP contribution in [-0.2, 0) is 0 Å². The summed E-state index contributed by atoms with van der Waals surface area (Å²) in [5.74, 6) is -0.0686. The Hall–Kier alpha value is -2.78. The Labute approximate surface area is 126 Å². The first-order valence-corrected chi connectivity index (χ1v) is 6.23. The summed E-state index contributed by atoms with van der Waals surface area (Å²) in [5.41, 5.74) is 6.98. The van der Waals surface area contributed by atoms with Gasteiger partial charge in [0, 0.05) is 6.07 Å². The maximum Gasteiger partial charge on any atom is 0.258 e. The fraction of sp³-hybridized carbons (Fsp3) is 0.0714. The van der Waals surface area contributed by atoms with Crippen LogP contribution in [0, 0.1) is 11.3 Å². The Morgan fingerprint density at radius 1 is 1.48 bits per heavy atom. The molecule has 1 heterocycles. The Bertz CT molecular complexity index is 740. The van der Waals surface area contributed by atoms with Crippen molar-refractivity contribution in [2.45, 2.75) is 0 Å². The second-order valence-electron chi connectivity index (χ2n) is 4.08. The molecule has 106 valence electrons. The van der Waals surface area contributed by atoms with Gasteiger partial charge < -0.3 is 15.8 Å². The number of nitrogens with one attached hydrogen (secondary N) is 1. The van der Waals surface area contributed by atoms with E-state index < -0.39 is 5.91 Å². The second-order valence-corrected chi connectivity index (χ2v) is 4.46. The number of aromatic nitrogens is 1. The normalized spacial score (nSPS) is 9.76. The zero-order valence-corrected chi connectivity index (χ0v) is 11.8. The molecule has 0 saturated carbocycles. The summed E-state index contributed by atoms with van der Waals surface area (Å²) >= 11 is 5.75. The molecule has 0 fully saturated rings. The van der Waals surface area contributed by atoms with Crippen LogP contribution in [0.5, 0.6) is 5.75 Å². The molecule has 6 nitrogen and oxygen atoms in total. The van der Waals surface area contributed by atoms with E-state index in [2.05, 4.69) is 10.3 Å². The van der Waals surface area contributed by atoms with E-state index in [4.69, 9.17) is 27.3 Å². The third-order valence-electron chi connectivity index (χ3n) is 2.72. The number of nitrogens with two attached hydrogens (primary N) is 1. The number of ether oxygens (including phenoxy) is 1. The molecule has 0 spiro atoms. The van der Waals surface area contributed by atoms with E-state index in [0.717, 1.165) is 0 Å². The lowest BCUT2D eigenvalue weighted by atomic mass is 10.1. The fourth-order valence-corrected chi connectivity index (χ4v) is 1.85. The summed E-state index contributed by atoms with van der Waals surface area (Å²) in [5, 5.41) is 11.7. The third-order valence-corrected chi connectivity index (χ3v) is 2.93. The van der Waals surface area contributed by atoms with Gasteiger partial charge in [-0.3, -0.25) is 4.79 Å². The number of hydrogen-bond acceptors (Lipinski definition) is 5. The smallest absolute Gasteiger partial charge is 0.258 e. The maximum atomic E-state index is 12.2. The van der Waals surface area contributed by atoms with Crippen LogP contribution in [0.25, 0.3) is 0 Å². The molecule has 1 amide bonds. The van der Waals surface area contributed by atoms with Gasteiger partial charge in [-0.25, -0.2) is 4.98 Å². The number of pyridine rings is 1. The van der Waals surface area contributed by atoms with E-state index in [1.54, 1.807) is 12.1 Å². The van der Waals surface area contributed by atoms with Crippen molar-refractivity contribution in [3.63, 3.8) is 0 Å². The lowest BCUT2D eigenvalue weighted by Gasteiger charge is -2.11. The van der Waals surface area contributed by atoms with Crippen molar-refractivity contribution in [1.82, 2.24) is 4.98 Å². The quantitative estimate of drug-likeness (QED) is 0.848. The lowest BCUT2D eigenvalue weighted by molar-refractivity contribution is 0.102. The Morgan fingerprint density at radius 3 is 2.90 bits per heavy atom. The van der Waals surface area contributed by atoms with Gasteiger partial charge in [-0.05, 0) is 18.2 Å². The van der Waals surface area contributed by atoms with Crippen molar-refractivity contribution in [1.29, 1.82) is 5.26 Å². The molecule has 0 aliphatic rings. The molecule has 0 saturated heterocycles. The van der Waals surface area contributed by atoms with Crippen molar-refractivity contribution < 1.29 is 9.53 Å². The van der Waals surface area contributed by atoms with E-state index in [-0.39, 0.29) is 16.4 Å². The van der Waals surface area contributed by atoms with Crippen LogP contribution >= 0.6 is 11.6 Å². The van der Waals surface area contributed by atoms with Crippen LogP contribution < -0.4 is 15.8 Å². The molecule has 0 radical (unpaired) electrons. The highest BCUT2D eigenvalue weighted by molar-refractivity contribution is 6.30. The molecule has 1 aromatic carbocycles. The van der Waals surface area contributed by atoms with E-state index in [9.17, 15) is 4.79 Å². The Morgan fingerprint density at radius 2 is 2.24 bits per heavy atom. The molecule has 2 rings (SSSR count). The Kier molecular flexibility index (Phi) is 4.26. The second kappa shape index (κ2) is 6.11. The summed E-state index contributed by atoms with van der Waals surface area (Å²) in [4.78, 5) is 16.0. The zero-order valence-electron chi connectivity index (χ0n) is 11.1. The standard InChI is InChI=1S/C14H11ClN4O2/c1-21-12-4-8(6-16)2-3-11(12)19-14(20)9-5-13(15)18-7-10(9)17/h2-5,7H,17H2,1H3,(H,19,20). The molecule has 0 bridgehead atoms. The number of carbonyl (C=O) groups excluding carboxylic acids is 1. The number of carbonyl (C=O) groups is 1. The van der Waals surface area contributed by atoms with Crippen molar-refractivity contribution in [2.24, 2.45) is 0 Å². The summed E-state index contributed by atoms with van der Waals surface area (Å²) < 4.78 is 5.14. The van der Waals surface area contributed by atoms with Gasteiger partial charge in [0.2, 0.25) is 0 Å². The highest BCUT2D eigenvalue weighted by atomic mass is 35.5. The number of hydrogen-bond donors (Lipinski definition) is 2. The van der Waals surface area contributed by atoms with Gasteiger partial charge in [-0.15, -0.1) is 0 Å². The largest absolute Gasteiger partial charge is 0.495 e. The number of amides is 1. The molecular weight excluding hydrogens is 292 g/mol. The highest BCUT2D eigenvalue weighted by Crippen LogP contribution is 2.26. The van der Waals surface area contributed by atoms with Gasteiger partial charge in [-0.2, -0.15) is 5.26 Å². The number of nitriles is 1. The number of benzene rings is 1. The molecule has 3 N–H and O–H groups in total. The van der Waals surface area contributed by atoms with E-state index >= 15 is 0 Å². The number of nitrogen functional groups attached to an aromatic ring is 1. The molecule has 0 aliphatic carbocycles. The number of nitrogens with zero attached hydrogens (tertiary/aromatic N) is 2. The lowest BCUT2D eigenvalue weighted by Crippen LogP contribution is -2.15. The van der Waals surface area contributed by atoms with Gasteiger partial charge in [0.15, 0.2) is 0 Å². The molecule has 7 heteroatoms. The van der Waals surface area contributed by atoms with Crippen LogP contribution in [0.15, 0.2) is 30.5 Å². The number of rotatable bonds is 3. The number of anilines is 2. The minimum Gasteiger partial charge on any atom is -0.495 e. The van der Waals surface area contributed by atoms with Crippen molar-refractivity contribution in [3.05, 3.63) is 46.7 Å². The van der Waals surface area contributed by atoms with Crippen molar-refractivity contribution in [2.75, 3.05) is 18.2 Å². The maximum absolute atomic E-state index is 12.2. The SMILES string of the molecule is COc1cc(C#N)ccc1NC(=O)c1cc(Cl)ncc1N. The minimum absolute atomic E-state index is 0.168. The fourth-order valence-electron chi connectivity index (χ4n) is 1.69. The van der Waals surface area contributed by atoms with Crippen molar-refractivity contribution in [3.8, 4) is 11.8 Å². The van der Waals surface area contributed by atoms with Gasteiger partial charge in [0.05, 0.1) is 41.9 Å². The van der Waals surface area contributed by atoms with Crippen LogP contribution in [0.4, 0.5) is 11.4 Å². The predicted octanol–water partition coefficient (Wildman–Crippen LogP) is 2.45. The van der Waals surface area contributed by atoms with Gasteiger partial charge in [0.1, 0.15) is 10.9 Å². The van der Waals surface area contributed by atoms with Crippen LogP contribution in [0.1, 0.15) is 15.9 Å². The number of methoxy groups -OCH3 is 1. The monoisotopic (exact) mass is 302 g/mol. The highest BCUT2D eigenvalue weighted by Gasteiger charge is 2.14. The summed E-state index contributed by atoms with van der Waals surface area (Å²) in [6.07, 6.45) is 1.31. The van der Waals surface area contributed by atoms with Crippen molar-refractivity contribution >= 4 is 28.9 Å². The average molecular weight is 303 g/mol. The average Bonchev–Trinajstić information content (AvgIpc) is 2.49. The van der Waals surface area contributed by atoms with Crippen LogP contribution in [-0.4, -0.2) is 18.0 Å². The predicted molar refractivity (Wildman–Crippen MR) is 79.3 cm³/mol. The van der Waals surface area contributed by atoms with Crippen LogP contribution in [0.3, 0.4) is 0 Å². The van der Waals surface area contributed by atoms with E-state index in [1.165, 1.54) is 25.4 Å². The zero-order chi connectivity index (χ0) is 15.4. The molecule has 2 aromatic rings. The molecule has 1 aromatic heterocycles. The molecule has 21 heavy (non-hydrogen) atoms. The molecule has 0 unspecified atom stereocenters. The van der Waals surface area contributed by atoms with E-state index in [1.807, 2.05) is 6.07 Å². The molecular formula is C14H11ClN4O2. The minimum atomic E-state index is -0.445. The molecule has 0 atom stereocenters. The van der Waals surface area contributed by atoms with Gasteiger partial charge in [0.25, 0.3) is 5.91 Å². The first-order chi connectivity index (χ1) is 10.0. The first-order valence-electron chi connectivity index (χ1n) is 5.85. The topological polar surface area (TPSA) is 101 Å². The number of halogens is 1. The van der Waals surface area contributed by atoms with Gasteiger partial charge >= 0.3 is 0 Å². The third kappa shape index (κ3) is 3.22. The summed E-state index contributed by atoms with van der Waals surface area (Å²) in [6.45, 7) is 0. The van der Waals surface area contributed by atoms with E-state index in [0.29, 0.717) is 17.0 Å². The van der Waals surface area contributed by atoms with Gasteiger partial charge in [-0.1, -0.05) is 11.6 Å². The molecule has 0 aliphatic heterocycles. The summed E-state index contributed by atoms with van der Waals surface area (Å²) in [7, 11) is 1.45. The first kappa shape index (κ1) is 14.6. The Balaban J connectivity index is 2.32.